The smallest absolute Gasteiger partial charge is 0.226 e. The van der Waals surface area contributed by atoms with Gasteiger partial charge in [-0.2, -0.15) is 0 Å². The first-order chi connectivity index (χ1) is 11.2. The third-order valence-electron chi connectivity index (χ3n) is 3.70. The van der Waals surface area contributed by atoms with Crippen molar-refractivity contribution in [2.45, 2.75) is 19.3 Å². The number of thiazole rings is 1. The fourth-order valence-electron chi connectivity index (χ4n) is 2.43. The van der Waals surface area contributed by atoms with E-state index in [2.05, 4.69) is 17.2 Å². The summed E-state index contributed by atoms with van der Waals surface area (Å²) < 4.78 is 6.20. The van der Waals surface area contributed by atoms with E-state index < -0.39 is 0 Å². The molecule has 0 radical (unpaired) electrons. The van der Waals surface area contributed by atoms with Gasteiger partial charge in [0.25, 0.3) is 0 Å². The molecule has 1 atom stereocenters. The Morgan fingerprint density at radius 3 is 2.78 bits per heavy atom. The highest BCUT2D eigenvalue weighted by Crippen LogP contribution is 2.29. The van der Waals surface area contributed by atoms with E-state index in [1.54, 1.807) is 7.11 Å². The molecule has 1 heterocycles. The van der Waals surface area contributed by atoms with Crippen LogP contribution in [0.2, 0.25) is 0 Å². The zero-order valence-electron chi connectivity index (χ0n) is 13.1. The molecule has 1 aromatic heterocycles. The van der Waals surface area contributed by atoms with E-state index in [0.717, 1.165) is 21.5 Å². The largest absolute Gasteiger partial charge is 0.497 e. The number of nitrogens with zero attached hydrogens (tertiary/aromatic N) is 1. The predicted octanol–water partition coefficient (Wildman–Crippen LogP) is 4.44. The Morgan fingerprint density at radius 2 is 2.04 bits per heavy atom. The molecule has 2 aromatic carbocycles. The first-order valence-electron chi connectivity index (χ1n) is 7.45. The van der Waals surface area contributed by atoms with E-state index in [1.807, 2.05) is 48.5 Å². The maximum atomic E-state index is 12.2. The first-order valence-corrected chi connectivity index (χ1v) is 8.26. The second-order valence-electron chi connectivity index (χ2n) is 5.42. The first kappa shape index (κ1) is 15.5. The summed E-state index contributed by atoms with van der Waals surface area (Å²) in [6, 6.07) is 15.7. The van der Waals surface area contributed by atoms with Gasteiger partial charge in [0.2, 0.25) is 5.91 Å². The van der Waals surface area contributed by atoms with Crippen molar-refractivity contribution < 1.29 is 9.53 Å². The summed E-state index contributed by atoms with van der Waals surface area (Å²) in [6.07, 6.45) is 0.434. The van der Waals surface area contributed by atoms with Gasteiger partial charge in [0, 0.05) is 6.42 Å². The van der Waals surface area contributed by atoms with Crippen LogP contribution in [-0.2, 0) is 4.79 Å². The van der Waals surface area contributed by atoms with Gasteiger partial charge in [0.1, 0.15) is 5.75 Å². The summed E-state index contributed by atoms with van der Waals surface area (Å²) >= 11 is 1.45. The molecule has 1 N–H and O–H groups in total. The number of nitrogens with one attached hydrogen (secondary N) is 1. The van der Waals surface area contributed by atoms with Crippen molar-refractivity contribution in [3.05, 3.63) is 54.1 Å². The normalized spacial score (nSPS) is 12.1. The van der Waals surface area contributed by atoms with Gasteiger partial charge < -0.3 is 10.1 Å². The minimum absolute atomic E-state index is 0.0209. The maximum Gasteiger partial charge on any atom is 0.226 e. The Labute approximate surface area is 139 Å². The summed E-state index contributed by atoms with van der Waals surface area (Å²) in [4.78, 5) is 16.7. The molecule has 23 heavy (non-hydrogen) atoms. The summed E-state index contributed by atoms with van der Waals surface area (Å²) in [5, 5.41) is 3.52. The van der Waals surface area contributed by atoms with E-state index in [-0.39, 0.29) is 11.8 Å². The molecule has 1 amide bonds. The Morgan fingerprint density at radius 1 is 1.26 bits per heavy atom. The minimum atomic E-state index is -0.0209. The minimum Gasteiger partial charge on any atom is -0.497 e. The molecule has 0 fully saturated rings. The Balaban J connectivity index is 1.68. The summed E-state index contributed by atoms with van der Waals surface area (Å²) in [5.41, 5.74) is 2.03. The molecule has 3 rings (SSSR count). The van der Waals surface area contributed by atoms with Gasteiger partial charge >= 0.3 is 0 Å². The zero-order chi connectivity index (χ0) is 16.2. The molecule has 0 spiro atoms. The van der Waals surface area contributed by atoms with Crippen molar-refractivity contribution in [2.24, 2.45) is 0 Å². The molecular weight excluding hydrogens is 308 g/mol. The number of ether oxygens (including phenoxy) is 1. The van der Waals surface area contributed by atoms with Crippen LogP contribution < -0.4 is 10.1 Å². The third kappa shape index (κ3) is 3.68. The topological polar surface area (TPSA) is 51.2 Å². The molecule has 3 aromatic rings. The number of hydrogen-bond acceptors (Lipinski definition) is 4. The lowest BCUT2D eigenvalue weighted by molar-refractivity contribution is -0.116. The van der Waals surface area contributed by atoms with Crippen LogP contribution in [0.3, 0.4) is 0 Å². The number of anilines is 1. The Hall–Kier alpha value is -2.40. The number of carbonyl (C=O) groups excluding carboxylic acids is 1. The highest BCUT2D eigenvalue weighted by atomic mass is 32.1. The summed E-state index contributed by atoms with van der Waals surface area (Å²) in [7, 11) is 1.63. The van der Waals surface area contributed by atoms with Crippen LogP contribution in [0, 0.1) is 0 Å². The number of amides is 1. The number of hydrogen-bond donors (Lipinski definition) is 1. The molecule has 4 nitrogen and oxygen atoms in total. The number of carbonyl (C=O) groups is 1. The van der Waals surface area contributed by atoms with E-state index in [9.17, 15) is 4.79 Å². The van der Waals surface area contributed by atoms with Gasteiger partial charge in [-0.05, 0) is 29.7 Å². The van der Waals surface area contributed by atoms with Gasteiger partial charge in [0.05, 0.1) is 17.3 Å². The van der Waals surface area contributed by atoms with E-state index in [4.69, 9.17) is 4.74 Å². The third-order valence-corrected chi connectivity index (χ3v) is 4.64. The molecule has 0 aliphatic carbocycles. The number of benzene rings is 2. The average molecular weight is 326 g/mol. The fraction of sp³-hybridized carbons (Fsp3) is 0.222. The van der Waals surface area contributed by atoms with Crippen LogP contribution in [0.1, 0.15) is 24.8 Å². The molecule has 0 saturated carbocycles. The van der Waals surface area contributed by atoms with Crippen molar-refractivity contribution in [1.29, 1.82) is 0 Å². The van der Waals surface area contributed by atoms with Crippen LogP contribution in [-0.4, -0.2) is 18.0 Å². The van der Waals surface area contributed by atoms with Crippen molar-refractivity contribution in [3.8, 4) is 5.75 Å². The molecule has 5 heteroatoms. The number of fused-ring (bicyclic) bond motifs is 1. The van der Waals surface area contributed by atoms with Crippen molar-refractivity contribution in [1.82, 2.24) is 4.98 Å². The Kier molecular flexibility index (Phi) is 4.57. The molecule has 0 unspecified atom stereocenters. The van der Waals surface area contributed by atoms with Gasteiger partial charge in [0.15, 0.2) is 5.13 Å². The van der Waals surface area contributed by atoms with E-state index in [0.29, 0.717) is 11.6 Å². The van der Waals surface area contributed by atoms with Crippen LogP contribution in [0.25, 0.3) is 10.2 Å². The lowest BCUT2D eigenvalue weighted by Crippen LogP contribution is -2.14. The lowest BCUT2D eigenvalue weighted by atomic mass is 9.98. The molecule has 0 aliphatic rings. The Bertz CT molecular complexity index is 814. The monoisotopic (exact) mass is 326 g/mol. The molecule has 0 saturated heterocycles. The highest BCUT2D eigenvalue weighted by molar-refractivity contribution is 7.22. The standard InChI is InChI=1S/C18H18N2O2S/c1-12(13-6-4-3-5-7-13)10-17(21)20-18-19-15-9-8-14(22-2)11-16(15)23-18/h3-9,11-12H,10H2,1-2H3,(H,19,20,21)/t12-/m0/s1. The summed E-state index contributed by atoms with van der Waals surface area (Å²) in [6.45, 7) is 2.05. The zero-order valence-corrected chi connectivity index (χ0v) is 13.9. The van der Waals surface area contributed by atoms with Gasteiger partial charge in [-0.15, -0.1) is 0 Å². The number of aromatic nitrogens is 1. The molecular formula is C18H18N2O2S. The SMILES string of the molecule is COc1ccc2nc(NC(=O)C[C@H](C)c3ccccc3)sc2c1. The van der Waals surface area contributed by atoms with Crippen molar-refractivity contribution in [3.63, 3.8) is 0 Å². The van der Waals surface area contributed by atoms with Gasteiger partial charge in [-0.1, -0.05) is 48.6 Å². The number of rotatable bonds is 5. The van der Waals surface area contributed by atoms with Crippen LogP contribution in [0.15, 0.2) is 48.5 Å². The second kappa shape index (κ2) is 6.79. The van der Waals surface area contributed by atoms with Crippen LogP contribution in [0.4, 0.5) is 5.13 Å². The molecule has 118 valence electrons. The van der Waals surface area contributed by atoms with Gasteiger partial charge in [-0.3, -0.25) is 4.79 Å². The average Bonchev–Trinajstić information content (AvgIpc) is 2.96. The van der Waals surface area contributed by atoms with Gasteiger partial charge in [-0.25, -0.2) is 4.98 Å². The van der Waals surface area contributed by atoms with Crippen LogP contribution >= 0.6 is 11.3 Å². The second-order valence-corrected chi connectivity index (χ2v) is 6.45. The number of methoxy groups -OCH3 is 1. The lowest BCUT2D eigenvalue weighted by Gasteiger charge is -2.10. The van der Waals surface area contributed by atoms with Crippen molar-refractivity contribution in [2.75, 3.05) is 12.4 Å². The summed E-state index contributed by atoms with van der Waals surface area (Å²) in [5.74, 6) is 0.940. The van der Waals surface area contributed by atoms with Crippen LogP contribution in [0.5, 0.6) is 5.75 Å². The quantitative estimate of drug-likeness (QED) is 0.754. The van der Waals surface area contributed by atoms with E-state index in [1.165, 1.54) is 11.3 Å². The fourth-order valence-corrected chi connectivity index (χ4v) is 3.34. The molecule has 0 bridgehead atoms. The maximum absolute atomic E-state index is 12.2. The van der Waals surface area contributed by atoms with E-state index >= 15 is 0 Å². The predicted molar refractivity (Wildman–Crippen MR) is 94.3 cm³/mol. The highest BCUT2D eigenvalue weighted by Gasteiger charge is 2.13. The molecule has 0 aliphatic heterocycles. The van der Waals surface area contributed by atoms with Crippen molar-refractivity contribution >= 4 is 32.6 Å².